The Morgan fingerprint density at radius 1 is 1.43 bits per heavy atom. The predicted octanol–water partition coefficient (Wildman–Crippen LogP) is 3.15. The summed E-state index contributed by atoms with van der Waals surface area (Å²) in [5, 5.41) is 9.50. The smallest absolute Gasteiger partial charge is 0.326 e. The van der Waals surface area contributed by atoms with Gasteiger partial charge in [0.05, 0.1) is 5.56 Å². The lowest BCUT2D eigenvalue weighted by atomic mass is 9.76. The highest BCUT2D eigenvalue weighted by Crippen LogP contribution is 2.36. The van der Waals surface area contributed by atoms with Crippen LogP contribution in [-0.4, -0.2) is 34.5 Å². The number of hydrogen-bond acceptors (Lipinski definition) is 2. The van der Waals surface area contributed by atoms with E-state index in [0.29, 0.717) is 15.7 Å². The number of piperidine rings is 1. The van der Waals surface area contributed by atoms with Gasteiger partial charge in [-0.3, -0.25) is 4.79 Å². The number of aliphatic carboxylic acids is 1. The van der Waals surface area contributed by atoms with Gasteiger partial charge in [-0.15, -0.1) is 0 Å². The number of amides is 1. The summed E-state index contributed by atoms with van der Waals surface area (Å²) < 4.78 is 13.6. The molecule has 1 aromatic rings. The van der Waals surface area contributed by atoms with E-state index in [9.17, 15) is 19.1 Å². The molecular formula is C15H17FINO3. The van der Waals surface area contributed by atoms with Crippen LogP contribution in [0.4, 0.5) is 4.39 Å². The summed E-state index contributed by atoms with van der Waals surface area (Å²) >= 11 is 1.90. The van der Waals surface area contributed by atoms with Crippen LogP contribution in [0, 0.1) is 14.8 Å². The van der Waals surface area contributed by atoms with Crippen molar-refractivity contribution in [1.29, 1.82) is 0 Å². The lowest BCUT2D eigenvalue weighted by molar-refractivity contribution is -0.148. The molecule has 0 aliphatic carbocycles. The van der Waals surface area contributed by atoms with Crippen LogP contribution in [0.25, 0.3) is 0 Å². The van der Waals surface area contributed by atoms with E-state index in [-0.39, 0.29) is 5.91 Å². The molecule has 0 saturated carbocycles. The number of likely N-dealkylation sites (tertiary alicyclic amines) is 1. The van der Waals surface area contributed by atoms with Crippen molar-refractivity contribution >= 4 is 34.5 Å². The number of nitrogens with zero attached hydrogens (tertiary/aromatic N) is 1. The highest BCUT2D eigenvalue weighted by Gasteiger charge is 2.44. The van der Waals surface area contributed by atoms with Crippen LogP contribution in [0.2, 0.25) is 0 Å². The van der Waals surface area contributed by atoms with Crippen molar-refractivity contribution in [3.05, 3.63) is 33.1 Å². The Hall–Kier alpha value is -1.18. The number of hydrogen-bond donors (Lipinski definition) is 1. The summed E-state index contributed by atoms with van der Waals surface area (Å²) in [6.45, 7) is 4.13. The molecule has 4 nitrogen and oxygen atoms in total. The Labute approximate surface area is 136 Å². The Balaban J connectivity index is 2.38. The van der Waals surface area contributed by atoms with Crippen molar-refractivity contribution in [2.45, 2.75) is 32.7 Å². The lowest BCUT2D eigenvalue weighted by Gasteiger charge is -2.44. The molecule has 0 aromatic heterocycles. The molecule has 1 saturated heterocycles. The number of rotatable bonds is 2. The van der Waals surface area contributed by atoms with Crippen LogP contribution >= 0.6 is 22.6 Å². The highest BCUT2D eigenvalue weighted by atomic mass is 127. The normalized spacial score (nSPS) is 21.1. The molecule has 1 aliphatic rings. The zero-order valence-electron chi connectivity index (χ0n) is 11.9. The average Bonchev–Trinajstić information content (AvgIpc) is 2.36. The second kappa shape index (κ2) is 5.90. The standard InChI is InChI=1S/C15H17FINO3/c1-15(2)6-3-7-18(12(15)14(20)21)13(19)10-5-4-9(16)8-11(10)17/h4-5,8,12H,3,6-7H2,1-2H3,(H,20,21). The molecule has 2 rings (SSSR count). The molecule has 21 heavy (non-hydrogen) atoms. The maximum absolute atomic E-state index is 13.2. The minimum atomic E-state index is -0.995. The first-order chi connectivity index (χ1) is 9.74. The highest BCUT2D eigenvalue weighted by molar-refractivity contribution is 14.1. The molecule has 0 spiro atoms. The fraction of sp³-hybridized carbons (Fsp3) is 0.467. The Morgan fingerprint density at radius 2 is 2.10 bits per heavy atom. The third kappa shape index (κ3) is 3.20. The molecule has 1 aromatic carbocycles. The van der Waals surface area contributed by atoms with Crippen molar-refractivity contribution in [3.8, 4) is 0 Å². The first kappa shape index (κ1) is 16.2. The molecular weight excluding hydrogens is 388 g/mol. The second-order valence-electron chi connectivity index (χ2n) is 5.96. The van der Waals surface area contributed by atoms with E-state index in [1.165, 1.54) is 23.1 Å². The Kier molecular flexibility index (Phi) is 4.55. The van der Waals surface area contributed by atoms with E-state index in [2.05, 4.69) is 0 Å². The molecule has 0 radical (unpaired) electrons. The van der Waals surface area contributed by atoms with Crippen molar-refractivity contribution in [3.63, 3.8) is 0 Å². The zero-order chi connectivity index (χ0) is 15.8. The minimum Gasteiger partial charge on any atom is -0.480 e. The van der Waals surface area contributed by atoms with E-state index in [1.54, 1.807) is 0 Å². The van der Waals surface area contributed by atoms with E-state index >= 15 is 0 Å². The number of benzene rings is 1. The maximum Gasteiger partial charge on any atom is 0.326 e. The molecule has 1 fully saturated rings. The fourth-order valence-electron chi connectivity index (χ4n) is 2.90. The summed E-state index contributed by atoms with van der Waals surface area (Å²) in [5.41, 5.74) is -0.133. The molecule has 1 atom stereocenters. The molecule has 1 heterocycles. The van der Waals surface area contributed by atoms with Gasteiger partial charge < -0.3 is 10.0 Å². The Morgan fingerprint density at radius 3 is 2.67 bits per heavy atom. The predicted molar refractivity (Wildman–Crippen MR) is 84.6 cm³/mol. The van der Waals surface area contributed by atoms with Gasteiger partial charge in [-0.1, -0.05) is 13.8 Å². The summed E-state index contributed by atoms with van der Waals surface area (Å²) in [7, 11) is 0. The van der Waals surface area contributed by atoms with Crippen molar-refractivity contribution in [2.75, 3.05) is 6.54 Å². The zero-order valence-corrected chi connectivity index (χ0v) is 14.1. The van der Waals surface area contributed by atoms with Gasteiger partial charge in [0.2, 0.25) is 0 Å². The van der Waals surface area contributed by atoms with E-state index in [4.69, 9.17) is 0 Å². The molecule has 1 aliphatic heterocycles. The van der Waals surface area contributed by atoms with Crippen molar-refractivity contribution < 1.29 is 19.1 Å². The molecule has 6 heteroatoms. The largest absolute Gasteiger partial charge is 0.480 e. The fourth-order valence-corrected chi connectivity index (χ4v) is 3.60. The third-order valence-electron chi connectivity index (χ3n) is 3.93. The maximum atomic E-state index is 13.2. The van der Waals surface area contributed by atoms with Crippen LogP contribution in [-0.2, 0) is 4.79 Å². The molecule has 0 bridgehead atoms. The van der Waals surface area contributed by atoms with Crippen LogP contribution in [0.15, 0.2) is 18.2 Å². The van der Waals surface area contributed by atoms with Gasteiger partial charge in [0.25, 0.3) is 5.91 Å². The van der Waals surface area contributed by atoms with Crippen molar-refractivity contribution in [1.82, 2.24) is 4.90 Å². The lowest BCUT2D eigenvalue weighted by Crippen LogP contribution is -2.56. The number of carbonyl (C=O) groups excluding carboxylic acids is 1. The molecule has 1 unspecified atom stereocenters. The quantitative estimate of drug-likeness (QED) is 0.770. The number of carboxylic acids is 1. The average molecular weight is 405 g/mol. The van der Waals surface area contributed by atoms with Gasteiger partial charge in [-0.25, -0.2) is 9.18 Å². The van der Waals surface area contributed by atoms with Gasteiger partial charge in [0, 0.05) is 10.1 Å². The second-order valence-corrected chi connectivity index (χ2v) is 7.12. The first-order valence-corrected chi connectivity index (χ1v) is 7.81. The monoisotopic (exact) mass is 405 g/mol. The van der Waals surface area contributed by atoms with Gasteiger partial charge in [-0.05, 0) is 59.0 Å². The number of halogens is 2. The minimum absolute atomic E-state index is 0.348. The van der Waals surface area contributed by atoms with E-state index < -0.39 is 23.2 Å². The van der Waals surface area contributed by atoms with Crippen LogP contribution < -0.4 is 0 Å². The van der Waals surface area contributed by atoms with Crippen LogP contribution in [0.3, 0.4) is 0 Å². The van der Waals surface area contributed by atoms with Crippen LogP contribution in [0.1, 0.15) is 37.0 Å². The van der Waals surface area contributed by atoms with Crippen molar-refractivity contribution in [2.24, 2.45) is 5.41 Å². The summed E-state index contributed by atoms with van der Waals surface area (Å²) in [5.74, 6) is -1.76. The summed E-state index contributed by atoms with van der Waals surface area (Å²) in [4.78, 5) is 25.7. The van der Waals surface area contributed by atoms with Gasteiger partial charge in [0.15, 0.2) is 0 Å². The summed E-state index contributed by atoms with van der Waals surface area (Å²) in [6.07, 6.45) is 1.52. The van der Waals surface area contributed by atoms with Crippen LogP contribution in [0.5, 0.6) is 0 Å². The van der Waals surface area contributed by atoms with E-state index in [1.807, 2.05) is 36.4 Å². The van der Waals surface area contributed by atoms with Gasteiger partial charge in [0.1, 0.15) is 11.9 Å². The summed E-state index contributed by atoms with van der Waals surface area (Å²) in [6, 6.07) is 3.05. The molecule has 114 valence electrons. The number of carboxylic acid groups (broad SMARTS) is 1. The van der Waals surface area contributed by atoms with E-state index in [0.717, 1.165) is 12.8 Å². The molecule has 1 N–H and O–H groups in total. The first-order valence-electron chi connectivity index (χ1n) is 6.73. The Bertz CT molecular complexity index is 588. The number of carbonyl (C=O) groups is 2. The van der Waals surface area contributed by atoms with Gasteiger partial charge >= 0.3 is 5.97 Å². The van der Waals surface area contributed by atoms with Gasteiger partial charge in [-0.2, -0.15) is 0 Å². The third-order valence-corrected chi connectivity index (χ3v) is 4.82. The topological polar surface area (TPSA) is 57.6 Å². The molecule has 1 amide bonds. The SMILES string of the molecule is CC1(C)CCCN(C(=O)c2ccc(F)cc2I)C1C(=O)O.